The fourth-order valence-electron chi connectivity index (χ4n) is 1.96. The van der Waals surface area contributed by atoms with Crippen molar-refractivity contribution in [3.63, 3.8) is 0 Å². The van der Waals surface area contributed by atoms with Gasteiger partial charge in [-0.15, -0.1) is 0 Å². The Bertz CT molecular complexity index is 329. The molecule has 1 fully saturated rings. The highest BCUT2D eigenvalue weighted by Crippen LogP contribution is 2.45. The minimum absolute atomic E-state index is 0.168. The van der Waals surface area contributed by atoms with E-state index in [1.807, 2.05) is 6.07 Å². The third-order valence-corrected chi connectivity index (χ3v) is 3.69. The highest BCUT2D eigenvalue weighted by atomic mass is 79.9. The van der Waals surface area contributed by atoms with Gasteiger partial charge in [-0.3, -0.25) is 0 Å². The second-order valence-electron chi connectivity index (χ2n) is 4.04. The summed E-state index contributed by atoms with van der Waals surface area (Å²) in [5.41, 5.74) is 1.53. The van der Waals surface area contributed by atoms with Gasteiger partial charge in [0.2, 0.25) is 0 Å². The summed E-state index contributed by atoms with van der Waals surface area (Å²) < 4.78 is 13.7. The lowest BCUT2D eigenvalue weighted by atomic mass is 9.66. The zero-order valence-electron chi connectivity index (χ0n) is 7.61. The van der Waals surface area contributed by atoms with Gasteiger partial charge in [0.1, 0.15) is 5.82 Å². The predicted octanol–water partition coefficient (Wildman–Crippen LogP) is 4.03. The van der Waals surface area contributed by atoms with E-state index in [0.29, 0.717) is 0 Å². The second kappa shape index (κ2) is 3.09. The molecule has 1 aromatic carbocycles. The van der Waals surface area contributed by atoms with Crippen molar-refractivity contribution in [1.29, 1.82) is 0 Å². The summed E-state index contributed by atoms with van der Waals surface area (Å²) in [5.74, 6) is -0.168. The zero-order chi connectivity index (χ0) is 9.47. The molecule has 0 nitrogen and oxygen atoms in total. The Morgan fingerprint density at radius 3 is 2.54 bits per heavy atom. The Morgan fingerprint density at radius 2 is 2.08 bits per heavy atom. The normalized spacial score (nSPS) is 19.6. The van der Waals surface area contributed by atoms with Crippen LogP contribution in [0.4, 0.5) is 4.39 Å². The molecule has 0 bridgehead atoms. The lowest BCUT2D eigenvalue weighted by molar-refractivity contribution is 0.270. The van der Waals surface area contributed by atoms with Gasteiger partial charge in [0.05, 0.1) is 0 Å². The molecule has 1 aromatic rings. The molecule has 0 aromatic heterocycles. The summed E-state index contributed by atoms with van der Waals surface area (Å²) in [7, 11) is 0. The molecule has 2 rings (SSSR count). The van der Waals surface area contributed by atoms with Crippen molar-refractivity contribution in [1.82, 2.24) is 0 Å². The van der Waals surface area contributed by atoms with Crippen molar-refractivity contribution in [3.8, 4) is 0 Å². The predicted molar refractivity (Wildman–Crippen MR) is 55.3 cm³/mol. The molecule has 0 unspecified atom stereocenters. The van der Waals surface area contributed by atoms with Crippen LogP contribution in [0, 0.1) is 5.82 Å². The lowest BCUT2D eigenvalue weighted by Gasteiger charge is -2.39. The van der Waals surface area contributed by atoms with E-state index >= 15 is 0 Å². The van der Waals surface area contributed by atoms with E-state index in [9.17, 15) is 4.39 Å². The second-order valence-corrected chi connectivity index (χ2v) is 4.89. The molecule has 1 aliphatic carbocycles. The molecule has 0 amide bonds. The number of hydrogen-bond donors (Lipinski definition) is 0. The molecule has 70 valence electrons. The first-order chi connectivity index (χ1) is 6.12. The van der Waals surface area contributed by atoms with Crippen LogP contribution >= 0.6 is 15.9 Å². The third-order valence-electron chi connectivity index (χ3n) is 3.04. The van der Waals surface area contributed by atoms with Crippen LogP contribution in [0.1, 0.15) is 31.7 Å². The fraction of sp³-hybridized carbons (Fsp3) is 0.455. The molecular formula is C11H12BrF. The molecule has 1 aliphatic rings. The average molecular weight is 243 g/mol. The zero-order valence-corrected chi connectivity index (χ0v) is 9.20. The van der Waals surface area contributed by atoms with Crippen molar-refractivity contribution < 1.29 is 4.39 Å². The van der Waals surface area contributed by atoms with Crippen molar-refractivity contribution >= 4 is 15.9 Å². The van der Waals surface area contributed by atoms with Gasteiger partial charge in [0.15, 0.2) is 0 Å². The van der Waals surface area contributed by atoms with Crippen LogP contribution in [-0.4, -0.2) is 0 Å². The first kappa shape index (κ1) is 9.20. The minimum Gasteiger partial charge on any atom is -0.207 e. The van der Waals surface area contributed by atoms with Crippen LogP contribution in [0.2, 0.25) is 0 Å². The summed E-state index contributed by atoms with van der Waals surface area (Å²) in [6.45, 7) is 2.24. The van der Waals surface area contributed by atoms with Crippen LogP contribution in [0.15, 0.2) is 22.7 Å². The summed E-state index contributed by atoms with van der Waals surface area (Å²) in [5, 5.41) is 0. The van der Waals surface area contributed by atoms with E-state index in [1.54, 1.807) is 12.1 Å². The molecule has 1 saturated carbocycles. The quantitative estimate of drug-likeness (QED) is 0.698. The smallest absolute Gasteiger partial charge is 0.124 e. The van der Waals surface area contributed by atoms with Crippen LogP contribution in [0.25, 0.3) is 0 Å². The van der Waals surface area contributed by atoms with Crippen LogP contribution < -0.4 is 0 Å². The van der Waals surface area contributed by atoms with E-state index in [4.69, 9.17) is 0 Å². The fourth-order valence-corrected chi connectivity index (χ4v) is 2.78. The van der Waals surface area contributed by atoms with E-state index in [0.717, 1.165) is 4.47 Å². The Labute approximate surface area is 86.3 Å². The van der Waals surface area contributed by atoms with Gasteiger partial charge in [-0.05, 0) is 36.0 Å². The van der Waals surface area contributed by atoms with Gasteiger partial charge in [-0.25, -0.2) is 4.39 Å². The van der Waals surface area contributed by atoms with E-state index in [2.05, 4.69) is 22.9 Å². The first-order valence-corrected chi connectivity index (χ1v) is 5.37. The third kappa shape index (κ3) is 1.52. The minimum atomic E-state index is -0.168. The summed E-state index contributed by atoms with van der Waals surface area (Å²) in [6.07, 6.45) is 3.73. The van der Waals surface area contributed by atoms with Crippen LogP contribution in [0.5, 0.6) is 0 Å². The van der Waals surface area contributed by atoms with E-state index < -0.39 is 0 Å². The largest absolute Gasteiger partial charge is 0.207 e. The van der Waals surface area contributed by atoms with Crippen molar-refractivity contribution in [2.24, 2.45) is 0 Å². The number of halogens is 2. The molecule has 0 atom stereocenters. The van der Waals surface area contributed by atoms with Gasteiger partial charge in [-0.2, -0.15) is 0 Å². The number of rotatable bonds is 1. The molecule has 0 heterocycles. The van der Waals surface area contributed by atoms with Crippen LogP contribution in [0.3, 0.4) is 0 Å². The first-order valence-electron chi connectivity index (χ1n) is 4.57. The molecule has 13 heavy (non-hydrogen) atoms. The van der Waals surface area contributed by atoms with Gasteiger partial charge in [0, 0.05) is 4.47 Å². The van der Waals surface area contributed by atoms with Crippen LogP contribution in [-0.2, 0) is 5.41 Å². The van der Waals surface area contributed by atoms with Crippen molar-refractivity contribution in [2.75, 3.05) is 0 Å². The van der Waals surface area contributed by atoms with Crippen molar-refractivity contribution in [3.05, 3.63) is 34.1 Å². The molecule has 0 aliphatic heterocycles. The van der Waals surface area contributed by atoms with E-state index in [1.165, 1.54) is 24.8 Å². The molecule has 0 radical (unpaired) electrons. The number of benzene rings is 1. The Kier molecular flexibility index (Phi) is 2.18. The Balaban J connectivity index is 2.40. The monoisotopic (exact) mass is 242 g/mol. The maximum absolute atomic E-state index is 12.8. The summed E-state index contributed by atoms with van der Waals surface area (Å²) in [4.78, 5) is 0. The molecule has 0 spiro atoms. The summed E-state index contributed by atoms with van der Waals surface area (Å²) >= 11 is 3.42. The lowest BCUT2D eigenvalue weighted by Crippen LogP contribution is -2.30. The Hall–Kier alpha value is -0.370. The molecule has 0 saturated heterocycles. The maximum atomic E-state index is 12.8. The van der Waals surface area contributed by atoms with Gasteiger partial charge < -0.3 is 0 Å². The van der Waals surface area contributed by atoms with E-state index in [-0.39, 0.29) is 11.2 Å². The standard InChI is InChI=1S/C11H12BrF/c1-11(5-2-6-11)9-4-3-8(13)7-10(9)12/h3-4,7H,2,5-6H2,1H3. The number of hydrogen-bond acceptors (Lipinski definition) is 0. The highest BCUT2D eigenvalue weighted by Gasteiger charge is 2.34. The molecule has 2 heteroatoms. The molecule has 0 N–H and O–H groups in total. The summed E-state index contributed by atoms with van der Waals surface area (Å²) in [6, 6.07) is 5.00. The average Bonchev–Trinajstić information content (AvgIpc) is 2.00. The maximum Gasteiger partial charge on any atom is 0.124 e. The van der Waals surface area contributed by atoms with Gasteiger partial charge >= 0.3 is 0 Å². The highest BCUT2D eigenvalue weighted by molar-refractivity contribution is 9.10. The van der Waals surface area contributed by atoms with Gasteiger partial charge in [-0.1, -0.05) is 35.3 Å². The molecular weight excluding hydrogens is 231 g/mol. The SMILES string of the molecule is CC1(c2ccc(F)cc2Br)CCC1. The van der Waals surface area contributed by atoms with Gasteiger partial charge in [0.25, 0.3) is 0 Å². The Morgan fingerprint density at radius 1 is 1.38 bits per heavy atom. The topological polar surface area (TPSA) is 0 Å². The van der Waals surface area contributed by atoms with Crippen molar-refractivity contribution in [2.45, 2.75) is 31.6 Å².